The fraction of sp³-hybridized carbons (Fsp3) is 0.188. The van der Waals surface area contributed by atoms with Crippen LogP contribution in [0.25, 0.3) is 0 Å². The molecule has 0 aromatic heterocycles. The number of hydrogen-bond donors (Lipinski definition) is 2. The van der Waals surface area contributed by atoms with Crippen LogP contribution in [0.15, 0.2) is 36.4 Å². The highest BCUT2D eigenvalue weighted by Gasteiger charge is 2.08. The molecule has 0 saturated carbocycles. The van der Waals surface area contributed by atoms with E-state index in [9.17, 15) is 9.18 Å². The molecule has 0 heterocycles. The third-order valence-corrected chi connectivity index (χ3v) is 3.28. The van der Waals surface area contributed by atoms with Gasteiger partial charge in [0.25, 0.3) is 0 Å². The van der Waals surface area contributed by atoms with E-state index in [1.165, 1.54) is 23.8 Å². The van der Waals surface area contributed by atoms with Gasteiger partial charge in [-0.1, -0.05) is 6.07 Å². The standard InChI is InChI=1S/C16H16FNO2/c1-10-3-5-14(7-11(10)2)18-9-13-8-12(16(19)20)4-6-15(13)17/h3-8,18H,9H2,1-2H3,(H,19,20). The molecule has 0 atom stereocenters. The number of carbonyl (C=O) groups is 1. The number of carboxylic acid groups (broad SMARTS) is 1. The van der Waals surface area contributed by atoms with Crippen LogP contribution >= 0.6 is 0 Å². The molecule has 4 heteroatoms. The first-order valence-corrected chi connectivity index (χ1v) is 6.30. The Morgan fingerprint density at radius 2 is 1.90 bits per heavy atom. The number of aromatic carboxylic acids is 1. The summed E-state index contributed by atoms with van der Waals surface area (Å²) in [4.78, 5) is 10.9. The van der Waals surface area contributed by atoms with Gasteiger partial charge in [-0.2, -0.15) is 0 Å². The molecule has 0 bridgehead atoms. The molecule has 0 amide bonds. The van der Waals surface area contributed by atoms with E-state index in [0.29, 0.717) is 5.56 Å². The van der Waals surface area contributed by atoms with Crippen molar-refractivity contribution in [2.24, 2.45) is 0 Å². The van der Waals surface area contributed by atoms with Gasteiger partial charge in [0.2, 0.25) is 0 Å². The van der Waals surface area contributed by atoms with Crippen LogP contribution in [0.4, 0.5) is 10.1 Å². The van der Waals surface area contributed by atoms with Crippen molar-refractivity contribution in [1.82, 2.24) is 0 Å². The molecule has 2 N–H and O–H groups in total. The lowest BCUT2D eigenvalue weighted by atomic mass is 10.1. The summed E-state index contributed by atoms with van der Waals surface area (Å²) in [6.07, 6.45) is 0. The molecular formula is C16H16FNO2. The molecule has 0 spiro atoms. The molecule has 20 heavy (non-hydrogen) atoms. The highest BCUT2D eigenvalue weighted by atomic mass is 19.1. The first kappa shape index (κ1) is 14.1. The SMILES string of the molecule is Cc1ccc(NCc2cc(C(=O)O)ccc2F)cc1C. The van der Waals surface area contributed by atoms with Crippen LogP contribution in [0.3, 0.4) is 0 Å². The first-order chi connectivity index (χ1) is 9.47. The molecule has 0 fully saturated rings. The van der Waals surface area contributed by atoms with E-state index in [-0.39, 0.29) is 12.1 Å². The van der Waals surface area contributed by atoms with Gasteiger partial charge in [-0.15, -0.1) is 0 Å². The van der Waals surface area contributed by atoms with Crippen LogP contribution in [-0.2, 0) is 6.54 Å². The summed E-state index contributed by atoms with van der Waals surface area (Å²) in [7, 11) is 0. The number of rotatable bonds is 4. The topological polar surface area (TPSA) is 49.3 Å². The van der Waals surface area contributed by atoms with Gasteiger partial charge in [-0.3, -0.25) is 0 Å². The van der Waals surface area contributed by atoms with Gasteiger partial charge in [0.15, 0.2) is 0 Å². The van der Waals surface area contributed by atoms with E-state index in [2.05, 4.69) is 5.32 Å². The number of hydrogen-bond acceptors (Lipinski definition) is 2. The number of benzene rings is 2. The second kappa shape index (κ2) is 5.74. The minimum absolute atomic E-state index is 0.0864. The Morgan fingerprint density at radius 3 is 2.55 bits per heavy atom. The molecule has 0 aliphatic heterocycles. The fourth-order valence-corrected chi connectivity index (χ4v) is 1.89. The smallest absolute Gasteiger partial charge is 0.335 e. The average molecular weight is 273 g/mol. The van der Waals surface area contributed by atoms with Gasteiger partial charge in [-0.25, -0.2) is 9.18 Å². The van der Waals surface area contributed by atoms with Crippen molar-refractivity contribution in [2.75, 3.05) is 5.32 Å². The molecule has 0 unspecified atom stereocenters. The van der Waals surface area contributed by atoms with E-state index < -0.39 is 11.8 Å². The Bertz CT molecular complexity index is 653. The van der Waals surface area contributed by atoms with Crippen LogP contribution in [0.1, 0.15) is 27.0 Å². The second-order valence-electron chi connectivity index (χ2n) is 4.76. The Morgan fingerprint density at radius 1 is 1.15 bits per heavy atom. The lowest BCUT2D eigenvalue weighted by Gasteiger charge is -2.10. The Balaban J connectivity index is 2.15. The van der Waals surface area contributed by atoms with Crippen molar-refractivity contribution >= 4 is 11.7 Å². The maximum atomic E-state index is 13.6. The Labute approximate surface area is 117 Å². The highest BCUT2D eigenvalue weighted by Crippen LogP contribution is 2.17. The Hall–Kier alpha value is -2.36. The molecular weight excluding hydrogens is 257 g/mol. The number of anilines is 1. The molecule has 2 rings (SSSR count). The van der Waals surface area contributed by atoms with E-state index in [1.54, 1.807) is 0 Å². The third kappa shape index (κ3) is 3.15. The van der Waals surface area contributed by atoms with Crippen LogP contribution in [-0.4, -0.2) is 11.1 Å². The van der Waals surface area contributed by atoms with Crippen molar-refractivity contribution in [2.45, 2.75) is 20.4 Å². The fourth-order valence-electron chi connectivity index (χ4n) is 1.89. The van der Waals surface area contributed by atoms with Crippen molar-refractivity contribution < 1.29 is 14.3 Å². The number of halogens is 1. The predicted octanol–water partition coefficient (Wildman–Crippen LogP) is 3.75. The minimum Gasteiger partial charge on any atom is -0.478 e. The van der Waals surface area contributed by atoms with Crippen molar-refractivity contribution in [3.8, 4) is 0 Å². The minimum atomic E-state index is -1.06. The molecule has 0 aliphatic carbocycles. The average Bonchev–Trinajstić information content (AvgIpc) is 2.41. The zero-order valence-electron chi connectivity index (χ0n) is 11.4. The van der Waals surface area contributed by atoms with Crippen LogP contribution in [0.2, 0.25) is 0 Å². The third-order valence-electron chi connectivity index (χ3n) is 3.28. The van der Waals surface area contributed by atoms with Crippen molar-refractivity contribution in [3.63, 3.8) is 0 Å². The zero-order chi connectivity index (χ0) is 14.7. The molecule has 104 valence electrons. The van der Waals surface area contributed by atoms with Crippen LogP contribution in [0.5, 0.6) is 0 Å². The van der Waals surface area contributed by atoms with Crippen LogP contribution in [0, 0.1) is 19.7 Å². The predicted molar refractivity (Wildman–Crippen MR) is 76.6 cm³/mol. The van der Waals surface area contributed by atoms with Gasteiger partial charge >= 0.3 is 5.97 Å². The summed E-state index contributed by atoms with van der Waals surface area (Å²) >= 11 is 0. The maximum absolute atomic E-state index is 13.6. The molecule has 2 aromatic carbocycles. The number of nitrogens with one attached hydrogen (secondary N) is 1. The molecule has 3 nitrogen and oxygen atoms in total. The summed E-state index contributed by atoms with van der Waals surface area (Å²) < 4.78 is 13.6. The summed E-state index contributed by atoms with van der Waals surface area (Å²) in [6, 6.07) is 9.68. The normalized spacial score (nSPS) is 10.3. The lowest BCUT2D eigenvalue weighted by Crippen LogP contribution is -2.05. The lowest BCUT2D eigenvalue weighted by molar-refractivity contribution is 0.0696. The zero-order valence-corrected chi connectivity index (χ0v) is 11.4. The van der Waals surface area contributed by atoms with E-state index in [4.69, 9.17) is 5.11 Å². The van der Waals surface area contributed by atoms with Gasteiger partial charge < -0.3 is 10.4 Å². The van der Waals surface area contributed by atoms with E-state index >= 15 is 0 Å². The number of aryl methyl sites for hydroxylation is 2. The molecule has 0 saturated heterocycles. The monoisotopic (exact) mass is 273 g/mol. The largest absolute Gasteiger partial charge is 0.478 e. The summed E-state index contributed by atoms with van der Waals surface area (Å²) in [6.45, 7) is 4.27. The number of carboxylic acids is 1. The molecule has 2 aromatic rings. The molecule has 0 radical (unpaired) electrons. The summed E-state index contributed by atoms with van der Waals surface area (Å²) in [5.74, 6) is -1.47. The van der Waals surface area contributed by atoms with Crippen LogP contribution < -0.4 is 5.32 Å². The first-order valence-electron chi connectivity index (χ1n) is 6.30. The van der Waals surface area contributed by atoms with E-state index in [1.807, 2.05) is 32.0 Å². The maximum Gasteiger partial charge on any atom is 0.335 e. The second-order valence-corrected chi connectivity index (χ2v) is 4.76. The van der Waals surface area contributed by atoms with Gasteiger partial charge in [-0.05, 0) is 55.3 Å². The summed E-state index contributed by atoms with van der Waals surface area (Å²) in [5.41, 5.74) is 3.64. The van der Waals surface area contributed by atoms with E-state index in [0.717, 1.165) is 11.3 Å². The van der Waals surface area contributed by atoms with Crippen molar-refractivity contribution in [1.29, 1.82) is 0 Å². The van der Waals surface area contributed by atoms with Gasteiger partial charge in [0.05, 0.1) is 5.56 Å². The van der Waals surface area contributed by atoms with Gasteiger partial charge in [0, 0.05) is 17.8 Å². The molecule has 0 aliphatic rings. The summed E-state index contributed by atoms with van der Waals surface area (Å²) in [5, 5.41) is 12.0. The Kier molecular flexibility index (Phi) is 4.03. The quantitative estimate of drug-likeness (QED) is 0.891. The van der Waals surface area contributed by atoms with Crippen molar-refractivity contribution in [3.05, 3.63) is 64.5 Å². The highest BCUT2D eigenvalue weighted by molar-refractivity contribution is 5.87. The van der Waals surface area contributed by atoms with Gasteiger partial charge in [0.1, 0.15) is 5.82 Å².